The quantitative estimate of drug-likeness (QED) is 0.879. The van der Waals surface area contributed by atoms with Gasteiger partial charge in [-0.1, -0.05) is 23.8 Å². The molecule has 148 valence electrons. The number of fused-ring (bicyclic) bond motifs is 1. The fraction of sp³-hybridized carbons (Fsp3) is 0.455. The molecule has 0 aliphatic carbocycles. The Balaban J connectivity index is 1.44. The van der Waals surface area contributed by atoms with E-state index < -0.39 is 0 Å². The summed E-state index contributed by atoms with van der Waals surface area (Å²) in [5, 5.41) is 7.36. The molecule has 2 atom stereocenters. The first-order chi connectivity index (χ1) is 13.5. The summed E-state index contributed by atoms with van der Waals surface area (Å²) in [6.07, 6.45) is 4.75. The van der Waals surface area contributed by atoms with Crippen molar-refractivity contribution in [3.8, 4) is 5.75 Å². The van der Waals surface area contributed by atoms with Gasteiger partial charge in [0, 0.05) is 25.1 Å². The zero-order chi connectivity index (χ0) is 19.7. The minimum Gasteiger partial charge on any atom is -0.497 e. The largest absolute Gasteiger partial charge is 0.497 e. The van der Waals surface area contributed by atoms with Crippen LogP contribution in [0.2, 0.25) is 0 Å². The molecule has 2 aliphatic rings. The minimum atomic E-state index is -0.0495. The molecule has 0 spiro atoms. The SMILES string of the molecule is COc1cccc(C=C2CCN(C(=O)c3n[nH]c4c3C[C@H](C)O[C@@H]4C)CC2)c1. The van der Waals surface area contributed by atoms with Crippen LogP contribution in [0.1, 0.15) is 60.1 Å². The zero-order valence-corrected chi connectivity index (χ0v) is 16.7. The predicted molar refractivity (Wildman–Crippen MR) is 107 cm³/mol. The molecule has 1 aromatic heterocycles. The Morgan fingerprint density at radius 1 is 1.32 bits per heavy atom. The number of likely N-dealkylation sites (tertiary alicyclic amines) is 1. The molecule has 6 nitrogen and oxygen atoms in total. The number of H-pyrrole nitrogens is 1. The van der Waals surface area contributed by atoms with Crippen molar-refractivity contribution in [3.05, 3.63) is 52.4 Å². The molecule has 0 bridgehead atoms. The molecular formula is C22H27N3O3. The molecule has 3 heterocycles. The lowest BCUT2D eigenvalue weighted by Crippen LogP contribution is -2.37. The van der Waals surface area contributed by atoms with Crippen molar-refractivity contribution in [1.82, 2.24) is 15.1 Å². The average molecular weight is 381 g/mol. The first kappa shape index (κ1) is 18.7. The number of hydrogen-bond donors (Lipinski definition) is 1. The number of hydrogen-bond acceptors (Lipinski definition) is 4. The standard InChI is InChI=1S/C22H27N3O3/c1-14-11-19-20(15(2)28-14)23-24-21(19)22(26)25-9-7-16(8-10-25)12-17-5-4-6-18(13-17)27-3/h4-6,12-15H,7-11H2,1-3H3,(H,23,24)/t14-,15+/m0/s1. The monoisotopic (exact) mass is 381 g/mol. The fourth-order valence-corrected chi connectivity index (χ4v) is 4.11. The van der Waals surface area contributed by atoms with Gasteiger partial charge in [-0.2, -0.15) is 5.10 Å². The Kier molecular flexibility index (Phi) is 5.22. The van der Waals surface area contributed by atoms with Gasteiger partial charge in [-0.05, 0) is 44.4 Å². The minimum absolute atomic E-state index is 0.0271. The summed E-state index contributed by atoms with van der Waals surface area (Å²) in [6.45, 7) is 5.48. The maximum Gasteiger partial charge on any atom is 0.274 e. The van der Waals surface area contributed by atoms with E-state index in [1.807, 2.05) is 36.9 Å². The molecule has 1 aromatic carbocycles. The highest BCUT2D eigenvalue weighted by Crippen LogP contribution is 2.31. The summed E-state index contributed by atoms with van der Waals surface area (Å²) in [4.78, 5) is 15.0. The average Bonchev–Trinajstić information content (AvgIpc) is 3.12. The summed E-state index contributed by atoms with van der Waals surface area (Å²) in [6, 6.07) is 8.05. The molecule has 0 saturated carbocycles. The van der Waals surface area contributed by atoms with Crippen molar-refractivity contribution in [1.29, 1.82) is 0 Å². The second-order valence-corrected chi connectivity index (χ2v) is 7.63. The highest BCUT2D eigenvalue weighted by Gasteiger charge is 2.32. The number of aromatic amines is 1. The molecule has 28 heavy (non-hydrogen) atoms. The number of ether oxygens (including phenoxy) is 2. The molecule has 2 aromatic rings. The van der Waals surface area contributed by atoms with Crippen LogP contribution in [-0.2, 0) is 11.2 Å². The van der Waals surface area contributed by atoms with E-state index in [1.54, 1.807) is 7.11 Å². The summed E-state index contributed by atoms with van der Waals surface area (Å²) in [7, 11) is 1.68. The summed E-state index contributed by atoms with van der Waals surface area (Å²) in [5.41, 5.74) is 5.03. The van der Waals surface area contributed by atoms with Crippen molar-refractivity contribution < 1.29 is 14.3 Å². The van der Waals surface area contributed by atoms with Gasteiger partial charge in [-0.15, -0.1) is 0 Å². The first-order valence-electron chi connectivity index (χ1n) is 9.90. The molecule has 4 rings (SSSR count). The van der Waals surface area contributed by atoms with Crippen molar-refractivity contribution in [3.63, 3.8) is 0 Å². The molecule has 1 fully saturated rings. The third-order valence-electron chi connectivity index (χ3n) is 5.59. The normalized spacial score (nSPS) is 22.0. The zero-order valence-electron chi connectivity index (χ0n) is 16.7. The highest BCUT2D eigenvalue weighted by atomic mass is 16.5. The Morgan fingerprint density at radius 3 is 2.86 bits per heavy atom. The number of methoxy groups -OCH3 is 1. The number of amides is 1. The number of carbonyl (C=O) groups excluding carboxylic acids is 1. The van der Waals surface area contributed by atoms with Crippen molar-refractivity contribution >= 4 is 12.0 Å². The van der Waals surface area contributed by atoms with E-state index in [2.05, 4.69) is 22.3 Å². The van der Waals surface area contributed by atoms with Crippen LogP contribution in [0.5, 0.6) is 5.75 Å². The van der Waals surface area contributed by atoms with Crippen molar-refractivity contribution in [2.24, 2.45) is 0 Å². The number of benzene rings is 1. The second kappa shape index (κ2) is 7.80. The second-order valence-electron chi connectivity index (χ2n) is 7.63. The van der Waals surface area contributed by atoms with Gasteiger partial charge in [0.1, 0.15) is 5.75 Å². The van der Waals surface area contributed by atoms with Crippen LogP contribution in [0.15, 0.2) is 29.8 Å². The van der Waals surface area contributed by atoms with Crippen LogP contribution in [0, 0.1) is 0 Å². The van der Waals surface area contributed by atoms with Crippen LogP contribution >= 0.6 is 0 Å². The van der Waals surface area contributed by atoms with Crippen LogP contribution in [0.3, 0.4) is 0 Å². The van der Waals surface area contributed by atoms with E-state index >= 15 is 0 Å². The molecule has 0 unspecified atom stereocenters. The highest BCUT2D eigenvalue weighted by molar-refractivity contribution is 5.94. The van der Waals surface area contributed by atoms with Crippen LogP contribution in [-0.4, -0.2) is 47.3 Å². The Bertz CT molecular complexity index is 892. The summed E-state index contributed by atoms with van der Waals surface area (Å²) >= 11 is 0. The Morgan fingerprint density at radius 2 is 2.11 bits per heavy atom. The van der Waals surface area contributed by atoms with E-state index in [1.165, 1.54) is 5.57 Å². The maximum absolute atomic E-state index is 13.1. The van der Waals surface area contributed by atoms with Gasteiger partial charge in [-0.3, -0.25) is 9.89 Å². The number of carbonyl (C=O) groups is 1. The van der Waals surface area contributed by atoms with E-state index in [0.717, 1.165) is 54.9 Å². The molecule has 1 saturated heterocycles. The lowest BCUT2D eigenvalue weighted by molar-refractivity contribution is -0.00702. The molecule has 1 N–H and O–H groups in total. The smallest absolute Gasteiger partial charge is 0.274 e. The number of nitrogens with zero attached hydrogens (tertiary/aromatic N) is 2. The number of rotatable bonds is 3. The van der Waals surface area contributed by atoms with Crippen LogP contribution < -0.4 is 4.74 Å². The fourth-order valence-electron chi connectivity index (χ4n) is 4.11. The molecule has 0 radical (unpaired) electrons. The number of piperidine rings is 1. The topological polar surface area (TPSA) is 67.5 Å². The Hall–Kier alpha value is -2.60. The van der Waals surface area contributed by atoms with E-state index in [4.69, 9.17) is 9.47 Å². The van der Waals surface area contributed by atoms with E-state index in [9.17, 15) is 4.79 Å². The third-order valence-corrected chi connectivity index (χ3v) is 5.59. The van der Waals surface area contributed by atoms with Crippen LogP contribution in [0.25, 0.3) is 6.08 Å². The van der Waals surface area contributed by atoms with Gasteiger partial charge in [0.15, 0.2) is 5.69 Å². The first-order valence-corrected chi connectivity index (χ1v) is 9.90. The van der Waals surface area contributed by atoms with E-state index in [0.29, 0.717) is 5.69 Å². The molecule has 1 amide bonds. The summed E-state index contributed by atoms with van der Waals surface area (Å²) < 4.78 is 11.1. The van der Waals surface area contributed by atoms with Gasteiger partial charge in [0.05, 0.1) is 25.0 Å². The van der Waals surface area contributed by atoms with Crippen molar-refractivity contribution in [2.75, 3.05) is 20.2 Å². The lowest BCUT2D eigenvalue weighted by Gasteiger charge is -2.29. The maximum atomic E-state index is 13.1. The Labute approximate surface area is 165 Å². The van der Waals surface area contributed by atoms with Crippen LogP contribution in [0.4, 0.5) is 0 Å². The van der Waals surface area contributed by atoms with Gasteiger partial charge in [0.25, 0.3) is 5.91 Å². The van der Waals surface area contributed by atoms with Crippen molar-refractivity contribution in [2.45, 2.75) is 45.3 Å². The van der Waals surface area contributed by atoms with E-state index in [-0.39, 0.29) is 18.1 Å². The van der Waals surface area contributed by atoms with Gasteiger partial charge in [0.2, 0.25) is 0 Å². The number of aromatic nitrogens is 2. The predicted octanol–water partition coefficient (Wildman–Crippen LogP) is 3.76. The lowest BCUT2D eigenvalue weighted by atomic mass is 9.97. The summed E-state index contributed by atoms with van der Waals surface area (Å²) in [5.74, 6) is 0.886. The molecule has 6 heteroatoms. The third kappa shape index (κ3) is 3.69. The van der Waals surface area contributed by atoms with Gasteiger partial charge in [-0.25, -0.2) is 0 Å². The van der Waals surface area contributed by atoms with Gasteiger partial charge < -0.3 is 14.4 Å². The number of nitrogens with one attached hydrogen (secondary N) is 1. The van der Waals surface area contributed by atoms with Gasteiger partial charge >= 0.3 is 0 Å². The molecular weight excluding hydrogens is 354 g/mol. The molecule has 2 aliphatic heterocycles.